The Morgan fingerprint density at radius 1 is 1.32 bits per heavy atom. The van der Waals surface area contributed by atoms with Gasteiger partial charge < -0.3 is 20.5 Å². The Hall–Kier alpha value is -1.98. The van der Waals surface area contributed by atoms with Crippen molar-refractivity contribution in [2.45, 2.75) is 20.9 Å². The number of aromatic nitrogens is 2. The zero-order chi connectivity index (χ0) is 17.8. The summed E-state index contributed by atoms with van der Waals surface area (Å²) >= 11 is 3.85. The van der Waals surface area contributed by atoms with Gasteiger partial charge in [-0.15, -0.1) is 10.2 Å². The minimum absolute atomic E-state index is 0.152. The first-order chi connectivity index (χ1) is 12.0. The number of carbonyl (C=O) groups excluding carboxylic acids is 2. The number of benzene rings is 1. The molecule has 2 heterocycles. The minimum atomic E-state index is -0.411. The zero-order valence-corrected chi connectivity index (χ0v) is 15.5. The third-order valence-corrected chi connectivity index (χ3v) is 6.28. The molecular formula is C14H14N4O4S3. The van der Waals surface area contributed by atoms with E-state index in [4.69, 9.17) is 15.2 Å². The molecule has 0 bridgehead atoms. The van der Waals surface area contributed by atoms with Crippen LogP contribution in [0.5, 0.6) is 11.5 Å². The predicted molar refractivity (Wildman–Crippen MR) is 96.3 cm³/mol. The molecule has 0 spiro atoms. The molecule has 2 amide bonds. The Morgan fingerprint density at radius 2 is 2.08 bits per heavy atom. The third-order valence-electron chi connectivity index (χ3n) is 3.01. The molecule has 8 nitrogen and oxygen atoms in total. The van der Waals surface area contributed by atoms with E-state index in [0.717, 1.165) is 0 Å². The first-order valence-corrected chi connectivity index (χ1v) is 9.81. The number of thioether (sulfide) groups is 2. The molecule has 132 valence electrons. The van der Waals surface area contributed by atoms with Crippen LogP contribution in [-0.4, -0.2) is 39.8 Å². The Bertz CT molecular complexity index is 798. The molecule has 2 aromatic rings. The van der Waals surface area contributed by atoms with Crippen molar-refractivity contribution in [1.82, 2.24) is 10.2 Å². The third kappa shape index (κ3) is 4.77. The lowest BCUT2D eigenvalue weighted by atomic mass is 10.2. The van der Waals surface area contributed by atoms with E-state index in [2.05, 4.69) is 15.5 Å². The highest BCUT2D eigenvalue weighted by Crippen LogP contribution is 2.35. The van der Waals surface area contributed by atoms with E-state index in [1.54, 1.807) is 25.1 Å². The smallest absolute Gasteiger partial charge is 0.237 e. The first kappa shape index (κ1) is 17.8. The Balaban J connectivity index is 1.55. The molecule has 1 aliphatic rings. The zero-order valence-electron chi connectivity index (χ0n) is 13.1. The monoisotopic (exact) mass is 398 g/mol. The molecule has 0 fully saturated rings. The lowest BCUT2D eigenvalue weighted by Gasteiger charge is -2.10. The van der Waals surface area contributed by atoms with Crippen molar-refractivity contribution in [1.29, 1.82) is 0 Å². The van der Waals surface area contributed by atoms with Gasteiger partial charge in [-0.2, -0.15) is 0 Å². The van der Waals surface area contributed by atoms with Crippen molar-refractivity contribution in [3.63, 3.8) is 0 Å². The van der Waals surface area contributed by atoms with Crippen LogP contribution in [0.25, 0.3) is 0 Å². The largest absolute Gasteiger partial charge is 0.454 e. The fourth-order valence-corrected chi connectivity index (χ4v) is 4.76. The highest BCUT2D eigenvalue weighted by molar-refractivity contribution is 8.04. The van der Waals surface area contributed by atoms with Gasteiger partial charge in [-0.1, -0.05) is 34.9 Å². The van der Waals surface area contributed by atoms with E-state index < -0.39 is 5.91 Å². The number of rotatable bonds is 7. The van der Waals surface area contributed by atoms with Crippen LogP contribution in [0, 0.1) is 0 Å². The topological polar surface area (TPSA) is 116 Å². The second kappa shape index (κ2) is 7.93. The Morgan fingerprint density at radius 3 is 2.88 bits per heavy atom. The Kier molecular flexibility index (Phi) is 5.66. The van der Waals surface area contributed by atoms with Gasteiger partial charge in [-0.3, -0.25) is 9.59 Å². The molecule has 25 heavy (non-hydrogen) atoms. The molecule has 0 radical (unpaired) electrons. The number of fused-ring (bicyclic) bond motifs is 1. The number of nitrogens with two attached hydrogens (primary N) is 1. The molecule has 1 aromatic heterocycles. The van der Waals surface area contributed by atoms with Gasteiger partial charge in [0.25, 0.3) is 0 Å². The van der Waals surface area contributed by atoms with E-state index in [9.17, 15) is 9.59 Å². The summed E-state index contributed by atoms with van der Waals surface area (Å²) in [4.78, 5) is 23.1. The molecular weight excluding hydrogens is 384 g/mol. The second-order valence-corrected chi connectivity index (χ2v) is 8.69. The Labute approximate surface area is 155 Å². The van der Waals surface area contributed by atoms with Gasteiger partial charge in [-0.05, 0) is 19.1 Å². The number of carbonyl (C=O) groups is 2. The molecule has 0 aliphatic carbocycles. The van der Waals surface area contributed by atoms with Crippen LogP contribution in [0.15, 0.2) is 26.9 Å². The van der Waals surface area contributed by atoms with E-state index >= 15 is 0 Å². The summed E-state index contributed by atoms with van der Waals surface area (Å²) in [5.74, 6) is 0.851. The van der Waals surface area contributed by atoms with Crippen molar-refractivity contribution in [3.8, 4) is 11.5 Å². The molecule has 0 saturated heterocycles. The number of hydrogen-bond donors (Lipinski definition) is 2. The van der Waals surface area contributed by atoms with Gasteiger partial charge >= 0.3 is 0 Å². The summed E-state index contributed by atoms with van der Waals surface area (Å²) in [5, 5.41) is 10.4. The standard InChI is InChI=1S/C14H14N4O4S3/c1-7(24-14-18-17-13(25-14)23-5-11(15)19)12(20)16-8-2-3-9-10(4-8)22-6-21-9/h2-4,7H,5-6H2,1H3,(H2,15,19)(H,16,20)/t7-/m1/s1. The molecule has 1 aromatic carbocycles. The summed E-state index contributed by atoms with van der Waals surface area (Å²) in [5.41, 5.74) is 5.73. The summed E-state index contributed by atoms with van der Waals surface area (Å²) in [7, 11) is 0. The van der Waals surface area contributed by atoms with Crippen LogP contribution in [0.2, 0.25) is 0 Å². The van der Waals surface area contributed by atoms with E-state index in [0.29, 0.717) is 25.9 Å². The van der Waals surface area contributed by atoms with Crippen molar-refractivity contribution in [2.24, 2.45) is 5.73 Å². The van der Waals surface area contributed by atoms with Crippen molar-refractivity contribution < 1.29 is 19.1 Å². The van der Waals surface area contributed by atoms with Crippen molar-refractivity contribution >= 4 is 52.4 Å². The average molecular weight is 398 g/mol. The predicted octanol–water partition coefficient (Wildman–Crippen LogP) is 1.96. The molecule has 3 rings (SSSR count). The second-order valence-electron chi connectivity index (χ2n) is 4.91. The number of ether oxygens (including phenoxy) is 2. The number of anilines is 1. The molecule has 0 saturated carbocycles. The van der Waals surface area contributed by atoms with Gasteiger partial charge in [0.2, 0.25) is 18.6 Å². The van der Waals surface area contributed by atoms with Crippen molar-refractivity contribution in [2.75, 3.05) is 17.9 Å². The van der Waals surface area contributed by atoms with Gasteiger partial charge in [0.1, 0.15) is 0 Å². The molecule has 0 unspecified atom stereocenters. The summed E-state index contributed by atoms with van der Waals surface area (Å²) in [6.07, 6.45) is 0. The molecule has 3 N–H and O–H groups in total. The van der Waals surface area contributed by atoms with Crippen LogP contribution in [-0.2, 0) is 9.59 Å². The summed E-state index contributed by atoms with van der Waals surface area (Å²) < 4.78 is 11.8. The van der Waals surface area contributed by atoms with Gasteiger partial charge in [-0.25, -0.2) is 0 Å². The molecule has 11 heteroatoms. The average Bonchev–Trinajstić information content (AvgIpc) is 3.21. The quantitative estimate of drug-likeness (QED) is 0.680. The number of nitrogens with one attached hydrogen (secondary N) is 1. The van der Waals surface area contributed by atoms with E-state index in [1.807, 2.05) is 0 Å². The molecule has 1 atom stereocenters. The normalized spacial score (nSPS) is 13.5. The van der Waals surface area contributed by atoms with Crippen molar-refractivity contribution in [3.05, 3.63) is 18.2 Å². The highest BCUT2D eigenvalue weighted by atomic mass is 32.2. The number of amides is 2. The number of nitrogens with zero attached hydrogens (tertiary/aromatic N) is 2. The van der Waals surface area contributed by atoms with Gasteiger partial charge in [0.05, 0.1) is 11.0 Å². The van der Waals surface area contributed by atoms with Crippen LogP contribution in [0.1, 0.15) is 6.92 Å². The fraction of sp³-hybridized carbons (Fsp3) is 0.286. The van der Waals surface area contributed by atoms with Crippen LogP contribution in [0.3, 0.4) is 0 Å². The van der Waals surface area contributed by atoms with E-state index in [-0.39, 0.29) is 23.7 Å². The first-order valence-electron chi connectivity index (χ1n) is 7.13. The molecule has 1 aliphatic heterocycles. The maximum Gasteiger partial charge on any atom is 0.237 e. The van der Waals surface area contributed by atoms with Crippen LogP contribution >= 0.6 is 34.9 Å². The highest BCUT2D eigenvalue weighted by Gasteiger charge is 2.19. The number of primary amides is 1. The van der Waals surface area contributed by atoms with E-state index in [1.165, 1.54) is 34.9 Å². The SMILES string of the molecule is C[C@@H](Sc1nnc(SCC(N)=O)s1)C(=O)Nc1ccc2c(c1)OCO2. The van der Waals surface area contributed by atoms with Crippen LogP contribution < -0.4 is 20.5 Å². The maximum atomic E-state index is 12.3. The number of hydrogen-bond acceptors (Lipinski definition) is 9. The van der Waals surface area contributed by atoms with Gasteiger partial charge in [0.15, 0.2) is 20.2 Å². The summed E-state index contributed by atoms with van der Waals surface area (Å²) in [6.45, 7) is 1.97. The van der Waals surface area contributed by atoms with Crippen LogP contribution in [0.4, 0.5) is 5.69 Å². The lowest BCUT2D eigenvalue weighted by Crippen LogP contribution is -2.22. The maximum absolute atomic E-state index is 12.3. The lowest BCUT2D eigenvalue weighted by molar-refractivity contribution is -0.116. The summed E-state index contributed by atoms with van der Waals surface area (Å²) in [6, 6.07) is 5.23. The minimum Gasteiger partial charge on any atom is -0.454 e. The fourth-order valence-electron chi connectivity index (χ4n) is 1.86. The van der Waals surface area contributed by atoms with Gasteiger partial charge in [0, 0.05) is 11.8 Å².